The van der Waals surface area contributed by atoms with Crippen LogP contribution in [0.3, 0.4) is 0 Å². The maximum Gasteiger partial charge on any atom is 0.317 e. The third kappa shape index (κ3) is 2.65. The fourth-order valence-electron chi connectivity index (χ4n) is 1.97. The van der Waals surface area contributed by atoms with E-state index in [1.54, 1.807) is 4.90 Å². The Morgan fingerprint density at radius 1 is 1.25 bits per heavy atom. The van der Waals surface area contributed by atoms with Crippen molar-refractivity contribution in [3.8, 4) is 0 Å². The van der Waals surface area contributed by atoms with Crippen molar-refractivity contribution in [3.05, 3.63) is 0 Å². The van der Waals surface area contributed by atoms with Gasteiger partial charge in [-0.3, -0.25) is 0 Å². The molecule has 2 fully saturated rings. The molecule has 6 nitrogen and oxygen atoms in total. The van der Waals surface area contributed by atoms with Gasteiger partial charge in [0.1, 0.15) is 0 Å². The number of likely N-dealkylation sites (N-methyl/N-ethyl adjacent to an activating group) is 1. The molecule has 0 aromatic heterocycles. The smallest absolute Gasteiger partial charge is 0.317 e. The SMILES string of the molecule is CN1CC(NC(=O)N2CCS(=O)(=O)CC2)C1. The molecule has 2 heterocycles. The zero-order chi connectivity index (χ0) is 11.8. The normalized spacial score (nSPS) is 26.2. The number of hydrogen-bond donors (Lipinski definition) is 1. The Labute approximate surface area is 95.5 Å². The number of amides is 2. The first-order valence-corrected chi connectivity index (χ1v) is 7.23. The van der Waals surface area contributed by atoms with Crippen molar-refractivity contribution in [2.75, 3.05) is 44.7 Å². The molecule has 0 atom stereocenters. The summed E-state index contributed by atoms with van der Waals surface area (Å²) in [6.07, 6.45) is 0. The summed E-state index contributed by atoms with van der Waals surface area (Å²) in [6, 6.07) is 0.0871. The van der Waals surface area contributed by atoms with Crippen LogP contribution in [0.25, 0.3) is 0 Å². The molecule has 2 amide bonds. The lowest BCUT2D eigenvalue weighted by Crippen LogP contribution is -2.60. The van der Waals surface area contributed by atoms with Crippen molar-refractivity contribution in [1.29, 1.82) is 0 Å². The number of rotatable bonds is 1. The highest BCUT2D eigenvalue weighted by Gasteiger charge is 2.29. The number of sulfone groups is 1. The number of urea groups is 1. The molecular formula is C9H17N3O3S. The van der Waals surface area contributed by atoms with Gasteiger partial charge < -0.3 is 15.1 Å². The van der Waals surface area contributed by atoms with Crippen molar-refractivity contribution in [1.82, 2.24) is 15.1 Å². The molecule has 0 unspecified atom stereocenters. The number of carbonyl (C=O) groups is 1. The maximum absolute atomic E-state index is 11.7. The van der Waals surface area contributed by atoms with Crippen LogP contribution in [0.4, 0.5) is 4.79 Å². The number of likely N-dealkylation sites (tertiary alicyclic amines) is 1. The highest BCUT2D eigenvalue weighted by molar-refractivity contribution is 7.91. The summed E-state index contributed by atoms with van der Waals surface area (Å²) >= 11 is 0. The van der Waals surface area contributed by atoms with Crippen LogP contribution >= 0.6 is 0 Å². The summed E-state index contributed by atoms with van der Waals surface area (Å²) in [4.78, 5) is 15.4. The molecule has 2 aliphatic rings. The Kier molecular flexibility index (Phi) is 3.07. The predicted octanol–water partition coefficient (Wildman–Crippen LogP) is -1.26. The average molecular weight is 247 g/mol. The molecule has 92 valence electrons. The minimum atomic E-state index is -2.91. The van der Waals surface area contributed by atoms with Crippen LogP contribution in [0.5, 0.6) is 0 Å². The van der Waals surface area contributed by atoms with E-state index in [0.29, 0.717) is 13.1 Å². The molecule has 0 spiro atoms. The van der Waals surface area contributed by atoms with Gasteiger partial charge in [-0.05, 0) is 7.05 Å². The molecule has 0 saturated carbocycles. The highest BCUT2D eigenvalue weighted by atomic mass is 32.2. The first-order valence-electron chi connectivity index (χ1n) is 5.41. The average Bonchev–Trinajstić information content (AvgIpc) is 2.15. The van der Waals surface area contributed by atoms with E-state index in [1.807, 2.05) is 7.05 Å². The lowest BCUT2D eigenvalue weighted by atomic mass is 10.1. The number of nitrogens with zero attached hydrogens (tertiary/aromatic N) is 2. The molecule has 0 aromatic carbocycles. The number of carbonyl (C=O) groups excluding carboxylic acids is 1. The fourth-order valence-corrected chi connectivity index (χ4v) is 3.17. The molecule has 0 radical (unpaired) electrons. The molecule has 0 aromatic rings. The minimum Gasteiger partial charge on any atom is -0.333 e. The molecule has 1 N–H and O–H groups in total. The Morgan fingerprint density at radius 3 is 2.31 bits per heavy atom. The van der Waals surface area contributed by atoms with Crippen LogP contribution in [-0.4, -0.2) is 75.0 Å². The van der Waals surface area contributed by atoms with Gasteiger partial charge >= 0.3 is 6.03 Å². The van der Waals surface area contributed by atoms with Crippen LogP contribution < -0.4 is 5.32 Å². The molecule has 0 bridgehead atoms. The van der Waals surface area contributed by atoms with Gasteiger partial charge in [0.25, 0.3) is 0 Å². The van der Waals surface area contributed by atoms with Gasteiger partial charge in [-0.2, -0.15) is 0 Å². The largest absolute Gasteiger partial charge is 0.333 e. The molecule has 2 rings (SSSR count). The van der Waals surface area contributed by atoms with Gasteiger partial charge in [0, 0.05) is 26.2 Å². The highest BCUT2D eigenvalue weighted by Crippen LogP contribution is 2.07. The Bertz CT molecular complexity index is 361. The van der Waals surface area contributed by atoms with Crippen molar-refractivity contribution < 1.29 is 13.2 Å². The first kappa shape index (κ1) is 11.7. The molecule has 2 aliphatic heterocycles. The Balaban J connectivity index is 1.78. The van der Waals surface area contributed by atoms with E-state index in [-0.39, 0.29) is 23.6 Å². The van der Waals surface area contributed by atoms with E-state index in [1.165, 1.54) is 0 Å². The van der Waals surface area contributed by atoms with Gasteiger partial charge in [-0.15, -0.1) is 0 Å². The summed E-state index contributed by atoms with van der Waals surface area (Å²) in [5.74, 6) is 0.177. The number of nitrogens with one attached hydrogen (secondary N) is 1. The summed E-state index contributed by atoms with van der Waals surface area (Å²) in [5, 5.41) is 2.89. The van der Waals surface area contributed by atoms with Crippen LogP contribution in [0.1, 0.15) is 0 Å². The zero-order valence-electron chi connectivity index (χ0n) is 9.35. The van der Waals surface area contributed by atoms with E-state index in [0.717, 1.165) is 13.1 Å². The first-order chi connectivity index (χ1) is 7.46. The monoisotopic (exact) mass is 247 g/mol. The van der Waals surface area contributed by atoms with E-state index in [9.17, 15) is 13.2 Å². The van der Waals surface area contributed by atoms with Crippen LogP contribution in [-0.2, 0) is 9.84 Å². The number of hydrogen-bond acceptors (Lipinski definition) is 4. The zero-order valence-corrected chi connectivity index (χ0v) is 10.2. The second kappa shape index (κ2) is 4.21. The molecule has 16 heavy (non-hydrogen) atoms. The summed E-state index contributed by atoms with van der Waals surface area (Å²) in [7, 11) is -0.912. The van der Waals surface area contributed by atoms with E-state index >= 15 is 0 Å². The predicted molar refractivity (Wildman–Crippen MR) is 60.0 cm³/mol. The fraction of sp³-hybridized carbons (Fsp3) is 0.889. The van der Waals surface area contributed by atoms with Crippen LogP contribution in [0.15, 0.2) is 0 Å². The van der Waals surface area contributed by atoms with Crippen LogP contribution in [0, 0.1) is 0 Å². The van der Waals surface area contributed by atoms with Crippen LogP contribution in [0.2, 0.25) is 0 Å². The minimum absolute atomic E-state index is 0.0883. The van der Waals surface area contributed by atoms with Gasteiger partial charge in [-0.25, -0.2) is 13.2 Å². The third-order valence-electron chi connectivity index (χ3n) is 3.02. The Hall–Kier alpha value is -0.820. The summed E-state index contributed by atoms with van der Waals surface area (Å²) in [6.45, 7) is 2.38. The molecule has 7 heteroatoms. The second-order valence-electron chi connectivity index (χ2n) is 4.51. The maximum atomic E-state index is 11.7. The topological polar surface area (TPSA) is 69.7 Å². The van der Waals surface area contributed by atoms with Crippen molar-refractivity contribution in [2.45, 2.75) is 6.04 Å². The van der Waals surface area contributed by atoms with Crippen molar-refractivity contribution in [2.24, 2.45) is 0 Å². The molecule has 2 saturated heterocycles. The third-order valence-corrected chi connectivity index (χ3v) is 4.63. The summed E-state index contributed by atoms with van der Waals surface area (Å²) < 4.78 is 22.4. The van der Waals surface area contributed by atoms with Gasteiger partial charge in [-0.1, -0.05) is 0 Å². The van der Waals surface area contributed by atoms with E-state index < -0.39 is 9.84 Å². The van der Waals surface area contributed by atoms with Gasteiger partial charge in [0.05, 0.1) is 17.5 Å². The summed E-state index contributed by atoms with van der Waals surface area (Å²) in [5.41, 5.74) is 0. The second-order valence-corrected chi connectivity index (χ2v) is 6.81. The standard InChI is InChI=1S/C9H17N3O3S/c1-11-6-8(7-11)10-9(13)12-2-4-16(14,15)5-3-12/h8H,2-7H2,1H3,(H,10,13). The van der Waals surface area contributed by atoms with Crippen molar-refractivity contribution >= 4 is 15.9 Å². The van der Waals surface area contributed by atoms with E-state index in [2.05, 4.69) is 10.2 Å². The van der Waals surface area contributed by atoms with E-state index in [4.69, 9.17) is 0 Å². The lowest BCUT2D eigenvalue weighted by molar-refractivity contribution is 0.147. The Morgan fingerprint density at radius 2 is 1.81 bits per heavy atom. The molecular weight excluding hydrogens is 230 g/mol. The van der Waals surface area contributed by atoms with Gasteiger partial charge in [0.15, 0.2) is 9.84 Å². The van der Waals surface area contributed by atoms with Crippen molar-refractivity contribution in [3.63, 3.8) is 0 Å². The van der Waals surface area contributed by atoms with Gasteiger partial charge in [0.2, 0.25) is 0 Å². The quantitative estimate of drug-likeness (QED) is 0.628. The lowest BCUT2D eigenvalue weighted by Gasteiger charge is -2.38. The molecule has 0 aliphatic carbocycles.